The molecule has 0 amide bonds. The lowest BCUT2D eigenvalue weighted by molar-refractivity contribution is 0.660. The molecule has 6 nitrogen and oxygen atoms in total. The van der Waals surface area contributed by atoms with Crippen molar-refractivity contribution >= 4 is 53.1 Å². The lowest BCUT2D eigenvalue weighted by atomic mass is 9.79. The number of aromatic nitrogens is 6. The highest BCUT2D eigenvalue weighted by Crippen LogP contribution is 2.56. The molecule has 3 aromatic heterocycles. The molecule has 0 radical (unpaired) electrons. The highest BCUT2D eigenvalue weighted by molar-refractivity contribution is 7.26. The van der Waals surface area contributed by atoms with E-state index in [1.54, 1.807) is 0 Å². The molecular formula is C101H72N6S. The molecule has 21 rings (SSSR count). The van der Waals surface area contributed by atoms with Crippen molar-refractivity contribution in [1.29, 1.82) is 0 Å². The molecule has 15 aromatic carbocycles. The van der Waals surface area contributed by atoms with Crippen molar-refractivity contribution in [3.63, 3.8) is 0 Å². The van der Waals surface area contributed by atoms with E-state index in [4.69, 9.17) is 29.9 Å². The summed E-state index contributed by atoms with van der Waals surface area (Å²) in [7, 11) is 0. The van der Waals surface area contributed by atoms with E-state index in [1.165, 1.54) is 125 Å². The van der Waals surface area contributed by atoms with Gasteiger partial charge in [0.2, 0.25) is 0 Å². The zero-order valence-electron chi connectivity index (χ0n) is 60.8. The Labute approximate surface area is 632 Å². The Kier molecular flexibility index (Phi) is 15.0. The third-order valence-electron chi connectivity index (χ3n) is 23.0. The Bertz CT molecular complexity index is 6700. The third-order valence-corrected chi connectivity index (χ3v) is 24.2. The maximum absolute atomic E-state index is 5.22. The first-order valence-corrected chi connectivity index (χ1v) is 38.0. The summed E-state index contributed by atoms with van der Waals surface area (Å²) in [6, 6.07) is 117. The van der Waals surface area contributed by atoms with E-state index in [1.807, 2.05) is 53.8 Å². The molecule has 3 heterocycles. The van der Waals surface area contributed by atoms with Crippen LogP contribution in [0.15, 0.2) is 328 Å². The van der Waals surface area contributed by atoms with Gasteiger partial charge in [-0.05, 0) is 158 Å². The molecule has 0 spiro atoms. The minimum atomic E-state index is -0.232. The quantitative estimate of drug-likeness (QED) is 0.143. The standard InChI is InChI=1S/C52H35N3S.C49H37N3/c1-52(2)45-31-35(37-21-12-23-43-40-20-9-10-25-46(40)56-48(37)43)26-27-39(45)42-29-28-38-41(47(42)52)22-13-24-44(38)51-54-49(33-16-7-4-8-17-33)53-50(55-51)36-19-11-18-34(30-36)32-14-5-3-6-15-32;1-48(2)41-18-12-11-17-37(41)38-25-22-35(29-42(38)48)47-51-45(31-15-9-6-10-16-31)50-46(52-47)34-21-23-36-33(27-34)20-26-40-39-24-19-32(30-13-7-5-8-14-30)28-43(39)49(3,4)44(36)40/h3-31H,1-2H3;5-29H,1-4H3. The van der Waals surface area contributed by atoms with Crippen molar-refractivity contribution in [1.82, 2.24) is 29.9 Å². The van der Waals surface area contributed by atoms with Gasteiger partial charge in [0.15, 0.2) is 34.9 Å². The normalized spacial score (nSPS) is 13.7. The summed E-state index contributed by atoms with van der Waals surface area (Å²) in [5.74, 6) is 3.99. The van der Waals surface area contributed by atoms with Crippen molar-refractivity contribution in [3.8, 4) is 135 Å². The maximum atomic E-state index is 5.22. The number of hydrogen-bond acceptors (Lipinski definition) is 7. The highest BCUT2D eigenvalue weighted by atomic mass is 32.1. The summed E-state index contributed by atoms with van der Waals surface area (Å²) in [5, 5.41) is 7.46. The minimum absolute atomic E-state index is 0.116. The highest BCUT2D eigenvalue weighted by Gasteiger charge is 2.40. The molecule has 512 valence electrons. The van der Waals surface area contributed by atoms with Gasteiger partial charge in [-0.2, -0.15) is 0 Å². The van der Waals surface area contributed by atoms with Crippen LogP contribution in [0.1, 0.15) is 74.9 Å². The minimum Gasteiger partial charge on any atom is -0.208 e. The molecule has 0 unspecified atom stereocenters. The van der Waals surface area contributed by atoms with Crippen LogP contribution in [0.4, 0.5) is 0 Å². The molecular weight excluding hydrogens is 1330 g/mol. The van der Waals surface area contributed by atoms with Gasteiger partial charge in [-0.25, -0.2) is 29.9 Å². The van der Waals surface area contributed by atoms with Crippen molar-refractivity contribution in [2.24, 2.45) is 0 Å². The van der Waals surface area contributed by atoms with Crippen LogP contribution in [0.5, 0.6) is 0 Å². The fourth-order valence-corrected chi connectivity index (χ4v) is 18.9. The largest absolute Gasteiger partial charge is 0.208 e. The molecule has 0 saturated heterocycles. The monoisotopic (exact) mass is 1400 g/mol. The van der Waals surface area contributed by atoms with E-state index in [0.29, 0.717) is 34.9 Å². The van der Waals surface area contributed by atoms with Crippen LogP contribution in [0.25, 0.3) is 177 Å². The Morgan fingerprint density at radius 2 is 0.583 bits per heavy atom. The third kappa shape index (κ3) is 10.6. The van der Waals surface area contributed by atoms with E-state index in [2.05, 4.69) is 327 Å². The molecule has 18 aromatic rings. The second kappa shape index (κ2) is 25.1. The average molecular weight is 1400 g/mol. The number of rotatable bonds is 9. The molecule has 0 bridgehead atoms. The topological polar surface area (TPSA) is 77.3 Å². The number of benzene rings is 15. The van der Waals surface area contributed by atoms with Gasteiger partial charge < -0.3 is 0 Å². The molecule has 3 aliphatic carbocycles. The molecule has 7 heteroatoms. The SMILES string of the molecule is CC1(C)c2cc(-c3cccc4c3sc3ccccc34)ccc2-c2ccc3c(-c4nc(-c5ccccc5)nc(-c5cccc(-c6ccccc6)c5)n4)cccc3c21.CC1(C)c2ccccc2-c2ccc(-c3nc(-c4ccccc4)nc(-c4ccc5c6c(ccc5c4)-c4ccc(-c5ccccc5)cc4C6(C)C)n3)cc21. The van der Waals surface area contributed by atoms with Gasteiger partial charge in [0.1, 0.15) is 0 Å². The summed E-state index contributed by atoms with van der Waals surface area (Å²) in [4.78, 5) is 30.8. The average Bonchev–Trinajstić information content (AvgIpc) is 1.56. The lowest BCUT2D eigenvalue weighted by Gasteiger charge is -2.24. The summed E-state index contributed by atoms with van der Waals surface area (Å²) < 4.78 is 2.67. The zero-order valence-corrected chi connectivity index (χ0v) is 61.6. The van der Waals surface area contributed by atoms with Gasteiger partial charge >= 0.3 is 0 Å². The smallest absolute Gasteiger partial charge is 0.164 e. The first-order chi connectivity index (χ1) is 52.8. The van der Waals surface area contributed by atoms with Crippen molar-refractivity contribution in [2.45, 2.75) is 57.8 Å². The summed E-state index contributed by atoms with van der Waals surface area (Å²) >= 11 is 1.89. The molecule has 3 aliphatic rings. The summed E-state index contributed by atoms with van der Waals surface area (Å²) in [6.45, 7) is 14.1. The van der Waals surface area contributed by atoms with E-state index in [0.717, 1.165) is 49.9 Å². The number of thiophene rings is 1. The van der Waals surface area contributed by atoms with Crippen molar-refractivity contribution < 1.29 is 0 Å². The molecule has 108 heavy (non-hydrogen) atoms. The molecule has 0 N–H and O–H groups in total. The first kappa shape index (κ1) is 64.6. The molecule has 0 aliphatic heterocycles. The lowest BCUT2D eigenvalue weighted by Crippen LogP contribution is -2.15. The van der Waals surface area contributed by atoms with Gasteiger partial charge in [-0.1, -0.05) is 333 Å². The van der Waals surface area contributed by atoms with Gasteiger partial charge in [-0.3, -0.25) is 0 Å². The van der Waals surface area contributed by atoms with Gasteiger partial charge in [0.25, 0.3) is 0 Å². The predicted molar refractivity (Wildman–Crippen MR) is 449 cm³/mol. The first-order valence-electron chi connectivity index (χ1n) is 37.2. The number of hydrogen-bond donors (Lipinski definition) is 0. The van der Waals surface area contributed by atoms with Crippen LogP contribution in [0.2, 0.25) is 0 Å². The second-order valence-electron chi connectivity index (χ2n) is 30.5. The maximum Gasteiger partial charge on any atom is 0.164 e. The van der Waals surface area contributed by atoms with Gasteiger partial charge in [0, 0.05) is 69.8 Å². The van der Waals surface area contributed by atoms with Crippen LogP contribution >= 0.6 is 11.3 Å². The van der Waals surface area contributed by atoms with E-state index < -0.39 is 0 Å². The van der Waals surface area contributed by atoms with Gasteiger partial charge in [-0.15, -0.1) is 11.3 Å². The van der Waals surface area contributed by atoms with E-state index in [-0.39, 0.29) is 16.2 Å². The van der Waals surface area contributed by atoms with Crippen molar-refractivity contribution in [3.05, 3.63) is 361 Å². The zero-order chi connectivity index (χ0) is 72.6. The fourth-order valence-electron chi connectivity index (χ4n) is 17.6. The molecule has 0 fully saturated rings. The molecule has 0 saturated carbocycles. The predicted octanol–water partition coefficient (Wildman–Crippen LogP) is 26.3. The van der Waals surface area contributed by atoms with E-state index in [9.17, 15) is 0 Å². The van der Waals surface area contributed by atoms with Gasteiger partial charge in [0.05, 0.1) is 0 Å². The number of nitrogens with zero attached hydrogens (tertiary/aromatic N) is 6. The van der Waals surface area contributed by atoms with Crippen LogP contribution in [-0.4, -0.2) is 29.9 Å². The van der Waals surface area contributed by atoms with Crippen molar-refractivity contribution in [2.75, 3.05) is 0 Å². The number of fused-ring (bicyclic) bond motifs is 16. The van der Waals surface area contributed by atoms with E-state index >= 15 is 0 Å². The summed E-state index contributed by atoms with van der Waals surface area (Å²) in [6.07, 6.45) is 0. The summed E-state index contributed by atoms with van der Waals surface area (Å²) in [5.41, 5.74) is 28.6. The Balaban J connectivity index is 0.000000143. The fraction of sp³-hybridized carbons (Fsp3) is 0.0891. The van der Waals surface area contributed by atoms with Crippen LogP contribution < -0.4 is 0 Å². The van der Waals surface area contributed by atoms with Crippen LogP contribution in [0, 0.1) is 0 Å². The Morgan fingerprint density at radius 1 is 0.204 bits per heavy atom. The molecule has 0 atom stereocenters. The Hall–Kier alpha value is -12.9. The Morgan fingerprint density at radius 3 is 1.23 bits per heavy atom. The second-order valence-corrected chi connectivity index (χ2v) is 31.5. The van der Waals surface area contributed by atoms with Crippen LogP contribution in [0.3, 0.4) is 0 Å². The van der Waals surface area contributed by atoms with Crippen LogP contribution in [-0.2, 0) is 16.2 Å².